The second-order valence-electron chi connectivity index (χ2n) is 4.33. The van der Waals surface area contributed by atoms with Gasteiger partial charge in [0.15, 0.2) is 0 Å². The van der Waals surface area contributed by atoms with Crippen molar-refractivity contribution in [3.05, 3.63) is 57.6 Å². The Bertz CT molecular complexity index is 741. The summed E-state index contributed by atoms with van der Waals surface area (Å²) in [5, 5.41) is 21.1. The maximum Gasteiger partial charge on any atom is 0.280 e. The number of ketones is 1. The minimum absolute atomic E-state index is 0.0694. The van der Waals surface area contributed by atoms with Crippen LogP contribution in [0.4, 0.5) is 5.69 Å². The van der Waals surface area contributed by atoms with Crippen molar-refractivity contribution in [3.8, 4) is 17.2 Å². The molecule has 0 spiro atoms. The van der Waals surface area contributed by atoms with Gasteiger partial charge in [0.1, 0.15) is 28.4 Å². The Balaban J connectivity index is 2.62. The van der Waals surface area contributed by atoms with Crippen molar-refractivity contribution >= 4 is 11.5 Å². The van der Waals surface area contributed by atoms with Crippen LogP contribution in [0, 0.1) is 10.1 Å². The highest BCUT2D eigenvalue weighted by Crippen LogP contribution is 2.36. The maximum atomic E-state index is 12.6. The molecule has 0 aliphatic rings. The smallest absolute Gasteiger partial charge is 0.280 e. The Hall–Kier alpha value is -3.09. The lowest BCUT2D eigenvalue weighted by atomic mass is 9.99. The van der Waals surface area contributed by atoms with Crippen molar-refractivity contribution < 1.29 is 24.3 Å². The van der Waals surface area contributed by atoms with Gasteiger partial charge in [0.25, 0.3) is 5.69 Å². The van der Waals surface area contributed by atoms with Gasteiger partial charge in [-0.1, -0.05) is 12.1 Å². The van der Waals surface area contributed by atoms with Crippen molar-refractivity contribution in [2.75, 3.05) is 14.2 Å². The largest absolute Gasteiger partial charge is 0.507 e. The van der Waals surface area contributed by atoms with Crippen molar-refractivity contribution in [2.24, 2.45) is 0 Å². The van der Waals surface area contributed by atoms with E-state index in [2.05, 4.69) is 0 Å². The molecule has 0 aliphatic heterocycles. The van der Waals surface area contributed by atoms with Crippen LogP contribution in [0.2, 0.25) is 0 Å². The first-order valence-electron chi connectivity index (χ1n) is 6.22. The highest BCUT2D eigenvalue weighted by Gasteiger charge is 2.26. The molecule has 0 heterocycles. The first-order valence-corrected chi connectivity index (χ1v) is 6.22. The molecule has 0 aromatic heterocycles. The van der Waals surface area contributed by atoms with Crippen LogP contribution in [0.1, 0.15) is 15.9 Å². The number of benzene rings is 2. The molecule has 0 saturated heterocycles. The van der Waals surface area contributed by atoms with Gasteiger partial charge in [-0.3, -0.25) is 14.9 Å². The minimum Gasteiger partial charge on any atom is -0.507 e. The highest BCUT2D eigenvalue weighted by atomic mass is 16.6. The zero-order valence-corrected chi connectivity index (χ0v) is 11.9. The standard InChI is InChI=1S/C15H13NO6/c1-21-9-7-12(17)14(13(8-9)22-2)15(18)10-5-3-4-6-11(10)16(19)20/h3-8,17H,1-2H3. The van der Waals surface area contributed by atoms with E-state index in [1.54, 1.807) is 0 Å². The average molecular weight is 303 g/mol. The maximum absolute atomic E-state index is 12.6. The number of hydrogen-bond donors (Lipinski definition) is 1. The number of para-hydroxylation sites is 1. The molecule has 0 bridgehead atoms. The van der Waals surface area contributed by atoms with E-state index in [4.69, 9.17) is 9.47 Å². The SMILES string of the molecule is COc1cc(O)c(C(=O)c2ccccc2[N+](=O)[O-])c(OC)c1. The van der Waals surface area contributed by atoms with Crippen LogP contribution in [0.5, 0.6) is 17.2 Å². The summed E-state index contributed by atoms with van der Waals surface area (Å²) in [5.74, 6) is -0.711. The molecule has 0 fully saturated rings. The van der Waals surface area contributed by atoms with Crippen LogP contribution >= 0.6 is 0 Å². The molecule has 0 amide bonds. The van der Waals surface area contributed by atoms with E-state index < -0.39 is 10.7 Å². The Morgan fingerprint density at radius 2 is 1.86 bits per heavy atom. The normalized spacial score (nSPS) is 10.1. The van der Waals surface area contributed by atoms with E-state index >= 15 is 0 Å². The van der Waals surface area contributed by atoms with E-state index in [-0.39, 0.29) is 28.3 Å². The molecule has 2 aromatic rings. The number of aromatic hydroxyl groups is 1. The number of phenols is 1. The summed E-state index contributed by atoms with van der Waals surface area (Å²) in [5.41, 5.74) is -0.631. The Morgan fingerprint density at radius 1 is 1.18 bits per heavy atom. The molecule has 7 heteroatoms. The van der Waals surface area contributed by atoms with Crippen LogP contribution in [0.3, 0.4) is 0 Å². The number of nitro groups is 1. The number of nitro benzene ring substituents is 1. The molecule has 114 valence electrons. The third kappa shape index (κ3) is 2.69. The van der Waals surface area contributed by atoms with Gasteiger partial charge in [0.2, 0.25) is 5.78 Å². The lowest BCUT2D eigenvalue weighted by molar-refractivity contribution is -0.385. The molecule has 0 unspecified atom stereocenters. The van der Waals surface area contributed by atoms with Crippen LogP contribution < -0.4 is 9.47 Å². The van der Waals surface area contributed by atoms with Crippen LogP contribution in [0.25, 0.3) is 0 Å². The Morgan fingerprint density at radius 3 is 2.45 bits per heavy atom. The predicted octanol–water partition coefficient (Wildman–Crippen LogP) is 2.55. The molecule has 0 radical (unpaired) electrons. The molecule has 2 aromatic carbocycles. The van der Waals surface area contributed by atoms with Gasteiger partial charge in [-0.2, -0.15) is 0 Å². The first-order chi connectivity index (χ1) is 10.5. The fraction of sp³-hybridized carbons (Fsp3) is 0.133. The monoisotopic (exact) mass is 303 g/mol. The summed E-state index contributed by atoms with van der Waals surface area (Å²) in [6.07, 6.45) is 0. The van der Waals surface area contributed by atoms with Gasteiger partial charge in [0.05, 0.1) is 19.1 Å². The summed E-state index contributed by atoms with van der Waals surface area (Å²) in [7, 11) is 2.72. The molecule has 2 rings (SSSR count). The topological polar surface area (TPSA) is 98.9 Å². The van der Waals surface area contributed by atoms with Crippen molar-refractivity contribution in [1.82, 2.24) is 0 Å². The van der Waals surface area contributed by atoms with Gasteiger partial charge in [-0.05, 0) is 6.07 Å². The number of rotatable bonds is 5. The molecule has 0 atom stereocenters. The molecule has 0 aliphatic carbocycles. The average Bonchev–Trinajstić information content (AvgIpc) is 2.53. The number of phenolic OH excluding ortho intramolecular Hbond substituents is 1. The number of nitrogens with zero attached hydrogens (tertiary/aromatic N) is 1. The van der Waals surface area contributed by atoms with E-state index in [1.807, 2.05) is 0 Å². The zero-order chi connectivity index (χ0) is 16.3. The first kappa shape index (κ1) is 15.3. The molecular weight excluding hydrogens is 290 g/mol. The molecule has 22 heavy (non-hydrogen) atoms. The zero-order valence-electron chi connectivity index (χ0n) is 11.9. The molecule has 7 nitrogen and oxygen atoms in total. The highest BCUT2D eigenvalue weighted by molar-refractivity contribution is 6.14. The van der Waals surface area contributed by atoms with Gasteiger partial charge >= 0.3 is 0 Å². The number of carbonyl (C=O) groups excluding carboxylic acids is 1. The van der Waals surface area contributed by atoms with Crippen molar-refractivity contribution in [2.45, 2.75) is 0 Å². The fourth-order valence-electron chi connectivity index (χ4n) is 2.04. The van der Waals surface area contributed by atoms with Crippen LogP contribution in [-0.4, -0.2) is 30.0 Å². The lowest BCUT2D eigenvalue weighted by Crippen LogP contribution is -2.07. The predicted molar refractivity (Wildman–Crippen MR) is 77.7 cm³/mol. The lowest BCUT2D eigenvalue weighted by Gasteiger charge is -2.12. The number of carbonyl (C=O) groups is 1. The summed E-state index contributed by atoms with van der Waals surface area (Å²) >= 11 is 0. The van der Waals surface area contributed by atoms with Crippen LogP contribution in [-0.2, 0) is 0 Å². The number of methoxy groups -OCH3 is 2. The van der Waals surface area contributed by atoms with E-state index in [1.165, 1.54) is 50.6 Å². The van der Waals surface area contributed by atoms with Gasteiger partial charge < -0.3 is 14.6 Å². The van der Waals surface area contributed by atoms with E-state index in [9.17, 15) is 20.0 Å². The fourth-order valence-corrected chi connectivity index (χ4v) is 2.04. The number of hydrogen-bond acceptors (Lipinski definition) is 6. The van der Waals surface area contributed by atoms with Crippen molar-refractivity contribution in [3.63, 3.8) is 0 Å². The molecule has 0 saturated carbocycles. The number of ether oxygens (including phenoxy) is 2. The molecular formula is C15H13NO6. The van der Waals surface area contributed by atoms with Gasteiger partial charge in [0, 0.05) is 18.2 Å². The van der Waals surface area contributed by atoms with Crippen LogP contribution in [0.15, 0.2) is 36.4 Å². The van der Waals surface area contributed by atoms with Gasteiger partial charge in [-0.25, -0.2) is 0 Å². The van der Waals surface area contributed by atoms with Gasteiger partial charge in [-0.15, -0.1) is 0 Å². The Labute approximate surface area is 125 Å². The second kappa shape index (κ2) is 6.13. The minimum atomic E-state index is -0.704. The van der Waals surface area contributed by atoms with Crippen molar-refractivity contribution in [1.29, 1.82) is 0 Å². The third-order valence-electron chi connectivity index (χ3n) is 3.08. The summed E-state index contributed by atoms with van der Waals surface area (Å²) < 4.78 is 10.1. The summed E-state index contributed by atoms with van der Waals surface area (Å²) in [6, 6.07) is 8.17. The Kier molecular flexibility index (Phi) is 4.26. The third-order valence-corrected chi connectivity index (χ3v) is 3.08. The van der Waals surface area contributed by atoms with E-state index in [0.29, 0.717) is 5.75 Å². The van der Waals surface area contributed by atoms with E-state index in [0.717, 1.165) is 0 Å². The quantitative estimate of drug-likeness (QED) is 0.517. The second-order valence-corrected chi connectivity index (χ2v) is 4.33. The summed E-state index contributed by atoms with van der Waals surface area (Å²) in [4.78, 5) is 23.0. The summed E-state index contributed by atoms with van der Waals surface area (Å²) in [6.45, 7) is 0. The molecule has 1 N–H and O–H groups in total.